The Morgan fingerprint density at radius 1 is 1.25 bits per heavy atom. The molecule has 2 aromatic heterocycles. The molecule has 0 bridgehead atoms. The number of aromatic nitrogens is 4. The van der Waals surface area contributed by atoms with Crippen molar-refractivity contribution in [1.29, 1.82) is 0 Å². The Labute approximate surface area is 164 Å². The quantitative estimate of drug-likeness (QED) is 0.867. The van der Waals surface area contributed by atoms with Crippen molar-refractivity contribution in [3.8, 4) is 0 Å². The number of piperidine rings is 2. The Balaban J connectivity index is 1.45. The molecule has 4 heterocycles. The van der Waals surface area contributed by atoms with Gasteiger partial charge in [-0.2, -0.15) is 0 Å². The molecule has 1 N–H and O–H groups in total. The molecule has 8 heteroatoms. The van der Waals surface area contributed by atoms with Crippen LogP contribution in [0.3, 0.4) is 0 Å². The average Bonchev–Trinajstić information content (AvgIpc) is 3.23. The van der Waals surface area contributed by atoms with Crippen molar-refractivity contribution in [3.63, 3.8) is 0 Å². The lowest BCUT2D eigenvalue weighted by atomic mass is 9.73. The SMILES string of the molecule is Cc1ncncc1C(=O)N1CCCC2(CCC(=O)N(CCc3cnc[nH]3)C2)C1. The van der Waals surface area contributed by atoms with Gasteiger partial charge in [0.15, 0.2) is 0 Å². The molecule has 0 aromatic carbocycles. The molecule has 2 fully saturated rings. The van der Waals surface area contributed by atoms with Gasteiger partial charge < -0.3 is 14.8 Å². The van der Waals surface area contributed by atoms with Crippen LogP contribution < -0.4 is 0 Å². The number of carbonyl (C=O) groups is 2. The van der Waals surface area contributed by atoms with E-state index in [1.165, 1.54) is 6.33 Å². The average molecular weight is 382 g/mol. The predicted molar refractivity (Wildman–Crippen MR) is 102 cm³/mol. The molecule has 8 nitrogen and oxygen atoms in total. The van der Waals surface area contributed by atoms with Gasteiger partial charge in [-0.3, -0.25) is 9.59 Å². The molecule has 0 saturated carbocycles. The minimum absolute atomic E-state index is 0.00177. The first-order valence-electron chi connectivity index (χ1n) is 9.87. The molecule has 2 saturated heterocycles. The van der Waals surface area contributed by atoms with E-state index in [-0.39, 0.29) is 17.2 Å². The molecule has 2 amide bonds. The number of amides is 2. The van der Waals surface area contributed by atoms with Gasteiger partial charge >= 0.3 is 0 Å². The maximum Gasteiger partial charge on any atom is 0.257 e. The van der Waals surface area contributed by atoms with Crippen LogP contribution in [-0.2, 0) is 11.2 Å². The summed E-state index contributed by atoms with van der Waals surface area (Å²) in [6.45, 7) is 4.67. The van der Waals surface area contributed by atoms with E-state index >= 15 is 0 Å². The Morgan fingerprint density at radius 2 is 2.14 bits per heavy atom. The van der Waals surface area contributed by atoms with Crippen LogP contribution in [0.5, 0.6) is 0 Å². The van der Waals surface area contributed by atoms with Crippen molar-refractivity contribution >= 4 is 11.8 Å². The number of likely N-dealkylation sites (tertiary alicyclic amines) is 2. The van der Waals surface area contributed by atoms with Gasteiger partial charge in [0.1, 0.15) is 6.33 Å². The third-order valence-electron chi connectivity index (χ3n) is 6.04. The second kappa shape index (κ2) is 7.69. The lowest BCUT2D eigenvalue weighted by Crippen LogP contribution is -2.55. The first-order chi connectivity index (χ1) is 13.6. The van der Waals surface area contributed by atoms with E-state index in [1.807, 2.05) is 16.7 Å². The summed E-state index contributed by atoms with van der Waals surface area (Å²) in [7, 11) is 0. The topological polar surface area (TPSA) is 95.1 Å². The number of aryl methyl sites for hydroxylation is 1. The molecule has 1 spiro atoms. The molecule has 4 rings (SSSR count). The summed E-state index contributed by atoms with van der Waals surface area (Å²) in [4.78, 5) is 44.7. The maximum atomic E-state index is 13.0. The van der Waals surface area contributed by atoms with Crippen LogP contribution in [0.4, 0.5) is 0 Å². The summed E-state index contributed by atoms with van der Waals surface area (Å²) in [5.41, 5.74) is 2.30. The molecule has 2 aliphatic heterocycles. The van der Waals surface area contributed by atoms with E-state index in [0.29, 0.717) is 37.3 Å². The first-order valence-corrected chi connectivity index (χ1v) is 9.87. The number of carbonyl (C=O) groups excluding carboxylic acids is 2. The van der Waals surface area contributed by atoms with Crippen LogP contribution in [0.1, 0.15) is 47.4 Å². The number of imidazole rings is 1. The highest BCUT2D eigenvalue weighted by Crippen LogP contribution is 2.39. The summed E-state index contributed by atoms with van der Waals surface area (Å²) in [5, 5.41) is 0. The molecular weight excluding hydrogens is 356 g/mol. The summed E-state index contributed by atoms with van der Waals surface area (Å²) in [6.07, 6.45) is 10.7. The van der Waals surface area contributed by atoms with Crippen molar-refractivity contribution in [2.24, 2.45) is 5.41 Å². The number of nitrogens with one attached hydrogen (secondary N) is 1. The molecule has 2 aromatic rings. The zero-order chi connectivity index (χ0) is 19.6. The Kier molecular flexibility index (Phi) is 5.11. The zero-order valence-electron chi connectivity index (χ0n) is 16.2. The first kappa shape index (κ1) is 18.6. The van der Waals surface area contributed by atoms with Gasteiger partial charge in [0.25, 0.3) is 5.91 Å². The number of aromatic amines is 1. The van der Waals surface area contributed by atoms with Gasteiger partial charge in [0.05, 0.1) is 17.6 Å². The van der Waals surface area contributed by atoms with Crippen molar-refractivity contribution < 1.29 is 9.59 Å². The standard InChI is InChI=1S/C20H26N6O2/c1-15-17(10-22-13-23-15)19(28)26-7-2-5-20(12-26)6-3-18(27)25(11-20)8-4-16-9-21-14-24-16/h9-10,13-14H,2-8,11-12H2,1H3,(H,21,24). The highest BCUT2D eigenvalue weighted by molar-refractivity contribution is 5.95. The fourth-order valence-corrected chi connectivity index (χ4v) is 4.47. The summed E-state index contributed by atoms with van der Waals surface area (Å²) < 4.78 is 0. The van der Waals surface area contributed by atoms with E-state index in [0.717, 1.165) is 37.9 Å². The van der Waals surface area contributed by atoms with E-state index in [9.17, 15) is 9.59 Å². The maximum absolute atomic E-state index is 13.0. The van der Waals surface area contributed by atoms with Crippen LogP contribution in [0.25, 0.3) is 0 Å². The fourth-order valence-electron chi connectivity index (χ4n) is 4.47. The molecule has 0 aliphatic carbocycles. The molecular formula is C20H26N6O2. The van der Waals surface area contributed by atoms with E-state index in [4.69, 9.17) is 0 Å². The van der Waals surface area contributed by atoms with E-state index in [2.05, 4.69) is 19.9 Å². The van der Waals surface area contributed by atoms with Crippen LogP contribution in [0, 0.1) is 12.3 Å². The Morgan fingerprint density at radius 3 is 2.93 bits per heavy atom. The minimum atomic E-state index is -0.0145. The number of H-pyrrole nitrogens is 1. The second-order valence-electron chi connectivity index (χ2n) is 7.99. The van der Waals surface area contributed by atoms with Crippen LogP contribution in [0.2, 0.25) is 0 Å². The van der Waals surface area contributed by atoms with Crippen LogP contribution in [-0.4, -0.2) is 67.7 Å². The summed E-state index contributed by atoms with van der Waals surface area (Å²) >= 11 is 0. The molecule has 2 aliphatic rings. The minimum Gasteiger partial charge on any atom is -0.348 e. The third-order valence-corrected chi connectivity index (χ3v) is 6.04. The van der Waals surface area contributed by atoms with Gasteiger partial charge in [-0.1, -0.05) is 0 Å². The molecule has 1 atom stereocenters. The number of nitrogens with zero attached hydrogens (tertiary/aromatic N) is 5. The van der Waals surface area contributed by atoms with Gasteiger partial charge in [-0.05, 0) is 26.2 Å². The van der Waals surface area contributed by atoms with Gasteiger partial charge in [0.2, 0.25) is 5.91 Å². The lowest BCUT2D eigenvalue weighted by molar-refractivity contribution is -0.138. The van der Waals surface area contributed by atoms with Crippen molar-refractivity contribution in [3.05, 3.63) is 42.0 Å². The van der Waals surface area contributed by atoms with Crippen LogP contribution in [0.15, 0.2) is 25.0 Å². The van der Waals surface area contributed by atoms with Crippen LogP contribution >= 0.6 is 0 Å². The van der Waals surface area contributed by atoms with Crippen molar-refractivity contribution in [1.82, 2.24) is 29.7 Å². The van der Waals surface area contributed by atoms with Crippen molar-refractivity contribution in [2.75, 3.05) is 26.2 Å². The monoisotopic (exact) mass is 382 g/mol. The summed E-state index contributed by atoms with van der Waals surface area (Å²) in [6, 6.07) is 0. The van der Waals surface area contributed by atoms with Gasteiger partial charge in [-0.15, -0.1) is 0 Å². The molecule has 148 valence electrons. The fraction of sp³-hybridized carbons (Fsp3) is 0.550. The number of hydrogen-bond acceptors (Lipinski definition) is 5. The normalized spacial score (nSPS) is 22.7. The predicted octanol–water partition coefficient (Wildman–Crippen LogP) is 1.60. The molecule has 0 radical (unpaired) electrons. The number of hydrogen-bond donors (Lipinski definition) is 1. The van der Waals surface area contributed by atoms with Gasteiger partial charge in [-0.25, -0.2) is 15.0 Å². The number of rotatable bonds is 4. The highest BCUT2D eigenvalue weighted by atomic mass is 16.2. The lowest BCUT2D eigenvalue weighted by Gasteiger charge is -2.48. The summed E-state index contributed by atoms with van der Waals surface area (Å²) in [5.74, 6) is 0.207. The van der Waals surface area contributed by atoms with E-state index < -0.39 is 0 Å². The molecule has 28 heavy (non-hydrogen) atoms. The Bertz CT molecular complexity index is 852. The smallest absolute Gasteiger partial charge is 0.257 e. The molecule has 1 unspecified atom stereocenters. The zero-order valence-corrected chi connectivity index (χ0v) is 16.2. The van der Waals surface area contributed by atoms with Crippen molar-refractivity contribution in [2.45, 2.75) is 39.0 Å². The van der Waals surface area contributed by atoms with Gasteiger partial charge in [0, 0.05) is 62.5 Å². The van der Waals surface area contributed by atoms with E-state index in [1.54, 1.807) is 18.7 Å². The highest BCUT2D eigenvalue weighted by Gasteiger charge is 2.42. The Hall–Kier alpha value is -2.77. The largest absolute Gasteiger partial charge is 0.348 e. The second-order valence-corrected chi connectivity index (χ2v) is 7.99. The third kappa shape index (κ3) is 3.76.